The number of hydrogen-bond donors (Lipinski definition) is 2. The highest BCUT2D eigenvalue weighted by Gasteiger charge is 2.39. The molecule has 1 aliphatic carbocycles. The van der Waals surface area contributed by atoms with E-state index in [-0.39, 0.29) is 11.3 Å². The van der Waals surface area contributed by atoms with Crippen molar-refractivity contribution < 1.29 is 4.79 Å². The lowest BCUT2D eigenvalue weighted by atomic mass is 9.70. The molecule has 0 unspecified atom stereocenters. The molecule has 0 bridgehead atoms. The number of nitrogens with zero attached hydrogens (tertiary/aromatic N) is 2. The number of carbonyl (C=O) groups is 1. The Kier molecular flexibility index (Phi) is 2.81. The minimum Gasteiger partial charge on any atom is -0.309 e. The van der Waals surface area contributed by atoms with Crippen molar-refractivity contribution in [2.45, 2.75) is 26.2 Å². The number of nitrogens with one attached hydrogen (secondary N) is 2. The van der Waals surface area contributed by atoms with Crippen LogP contribution in [0.1, 0.15) is 26.2 Å². The van der Waals surface area contributed by atoms with Crippen LogP contribution in [0.15, 0.2) is 30.6 Å². The summed E-state index contributed by atoms with van der Waals surface area (Å²) >= 11 is 0. The van der Waals surface area contributed by atoms with Crippen LogP contribution < -0.4 is 5.32 Å². The fraction of sp³-hybridized carbons (Fsp3) is 0.357. The molecule has 2 heterocycles. The Morgan fingerprint density at radius 2 is 2.32 bits per heavy atom. The predicted molar refractivity (Wildman–Crippen MR) is 72.4 cm³/mol. The lowest BCUT2D eigenvalue weighted by molar-refractivity contribution is -0.128. The normalized spacial score (nSPS) is 16.7. The fourth-order valence-electron chi connectivity index (χ4n) is 2.26. The molecule has 0 saturated heterocycles. The van der Waals surface area contributed by atoms with E-state index in [1.165, 1.54) is 0 Å². The number of amides is 1. The van der Waals surface area contributed by atoms with Crippen LogP contribution in [0.4, 0.5) is 5.82 Å². The van der Waals surface area contributed by atoms with Gasteiger partial charge in [0, 0.05) is 29.4 Å². The van der Waals surface area contributed by atoms with Crippen molar-refractivity contribution >= 4 is 11.7 Å². The Hall–Kier alpha value is -2.17. The largest absolute Gasteiger partial charge is 0.309 e. The average molecular weight is 256 g/mol. The highest BCUT2D eigenvalue weighted by Crippen LogP contribution is 2.41. The summed E-state index contributed by atoms with van der Waals surface area (Å²) in [5.74, 6) is 0.625. The number of H-pyrrole nitrogens is 1. The minimum atomic E-state index is -0.215. The molecule has 1 amide bonds. The van der Waals surface area contributed by atoms with Crippen molar-refractivity contribution in [1.82, 2.24) is 15.2 Å². The van der Waals surface area contributed by atoms with Gasteiger partial charge in [0.2, 0.25) is 5.91 Å². The number of carbonyl (C=O) groups excluding carboxylic acids is 1. The Balaban J connectivity index is 1.74. The summed E-state index contributed by atoms with van der Waals surface area (Å²) < 4.78 is 0. The second-order valence-electron chi connectivity index (χ2n) is 5.28. The van der Waals surface area contributed by atoms with E-state index >= 15 is 0 Å². The number of anilines is 1. The van der Waals surface area contributed by atoms with Crippen molar-refractivity contribution in [3.05, 3.63) is 30.6 Å². The zero-order valence-electron chi connectivity index (χ0n) is 10.8. The van der Waals surface area contributed by atoms with Crippen LogP contribution in [0, 0.1) is 5.41 Å². The van der Waals surface area contributed by atoms with Gasteiger partial charge in [0.25, 0.3) is 0 Å². The van der Waals surface area contributed by atoms with Gasteiger partial charge in [-0.1, -0.05) is 13.3 Å². The smallest absolute Gasteiger partial charge is 0.231 e. The number of aromatic amines is 1. The number of pyridine rings is 1. The summed E-state index contributed by atoms with van der Waals surface area (Å²) in [7, 11) is 0. The van der Waals surface area contributed by atoms with E-state index in [4.69, 9.17) is 0 Å². The van der Waals surface area contributed by atoms with Gasteiger partial charge in [-0.15, -0.1) is 0 Å². The van der Waals surface area contributed by atoms with E-state index in [0.29, 0.717) is 5.82 Å². The van der Waals surface area contributed by atoms with Gasteiger partial charge in [-0.2, -0.15) is 5.10 Å². The Labute approximate surface area is 111 Å². The van der Waals surface area contributed by atoms with Crippen LogP contribution in [0.2, 0.25) is 0 Å². The molecule has 0 radical (unpaired) electrons. The van der Waals surface area contributed by atoms with E-state index in [1.54, 1.807) is 12.4 Å². The highest BCUT2D eigenvalue weighted by atomic mass is 16.2. The maximum absolute atomic E-state index is 12.1. The first-order valence-electron chi connectivity index (χ1n) is 6.45. The highest BCUT2D eigenvalue weighted by molar-refractivity contribution is 5.95. The fourth-order valence-corrected chi connectivity index (χ4v) is 2.26. The van der Waals surface area contributed by atoms with E-state index in [1.807, 2.05) is 25.1 Å². The third-order valence-corrected chi connectivity index (χ3v) is 3.80. The molecule has 5 nitrogen and oxygen atoms in total. The molecule has 19 heavy (non-hydrogen) atoms. The molecule has 5 heteroatoms. The Morgan fingerprint density at radius 1 is 1.47 bits per heavy atom. The molecule has 2 aromatic heterocycles. The quantitative estimate of drug-likeness (QED) is 0.886. The molecular formula is C14H16N4O. The van der Waals surface area contributed by atoms with Crippen molar-refractivity contribution in [1.29, 1.82) is 0 Å². The number of hydrogen-bond acceptors (Lipinski definition) is 3. The maximum atomic E-state index is 12.1. The zero-order valence-corrected chi connectivity index (χ0v) is 10.8. The van der Waals surface area contributed by atoms with Crippen molar-refractivity contribution in [3.8, 4) is 11.3 Å². The van der Waals surface area contributed by atoms with Crippen LogP contribution >= 0.6 is 0 Å². The minimum absolute atomic E-state index is 0.0583. The summed E-state index contributed by atoms with van der Waals surface area (Å²) in [5.41, 5.74) is 1.58. The molecule has 0 aromatic carbocycles. The third-order valence-electron chi connectivity index (χ3n) is 3.80. The summed E-state index contributed by atoms with van der Waals surface area (Å²) in [6.07, 6.45) is 6.52. The standard InChI is InChI=1S/C14H16N4O/c1-14(5-3-6-14)13(19)16-12-8-11(17-18-12)10-4-2-7-15-9-10/h2,4,7-9H,3,5-6H2,1H3,(H2,16,17,18,19). The van der Waals surface area contributed by atoms with Crippen molar-refractivity contribution in [2.75, 3.05) is 5.32 Å². The topological polar surface area (TPSA) is 70.7 Å². The van der Waals surface area contributed by atoms with E-state index in [0.717, 1.165) is 30.5 Å². The first-order valence-corrected chi connectivity index (χ1v) is 6.45. The molecule has 1 aliphatic rings. The van der Waals surface area contributed by atoms with E-state index < -0.39 is 0 Å². The molecular weight excluding hydrogens is 240 g/mol. The lowest BCUT2D eigenvalue weighted by Crippen LogP contribution is -2.39. The van der Waals surface area contributed by atoms with Gasteiger partial charge < -0.3 is 5.32 Å². The van der Waals surface area contributed by atoms with Gasteiger partial charge in [-0.25, -0.2) is 0 Å². The second kappa shape index (κ2) is 4.50. The van der Waals surface area contributed by atoms with Gasteiger partial charge in [-0.05, 0) is 25.0 Å². The molecule has 0 atom stereocenters. The van der Waals surface area contributed by atoms with Crippen LogP contribution in [0.5, 0.6) is 0 Å². The summed E-state index contributed by atoms with van der Waals surface area (Å²) in [6.45, 7) is 2.00. The second-order valence-corrected chi connectivity index (χ2v) is 5.28. The molecule has 98 valence electrons. The summed E-state index contributed by atoms with van der Waals surface area (Å²) in [6, 6.07) is 5.64. The van der Waals surface area contributed by atoms with E-state index in [9.17, 15) is 4.79 Å². The monoisotopic (exact) mass is 256 g/mol. The molecule has 1 saturated carbocycles. The van der Waals surface area contributed by atoms with Crippen LogP contribution in [-0.2, 0) is 4.79 Å². The Bertz CT molecular complexity index is 587. The first-order chi connectivity index (χ1) is 9.17. The van der Waals surface area contributed by atoms with Gasteiger partial charge in [0.1, 0.15) is 0 Å². The summed E-state index contributed by atoms with van der Waals surface area (Å²) in [5, 5.41) is 9.90. The molecule has 0 spiro atoms. The van der Waals surface area contributed by atoms with Gasteiger partial charge in [-0.3, -0.25) is 14.9 Å². The molecule has 2 aromatic rings. The predicted octanol–water partition coefficient (Wildman–Crippen LogP) is 2.60. The first kappa shape index (κ1) is 11.9. The SMILES string of the molecule is CC1(C(=O)Nc2cc(-c3cccnc3)[nH]n2)CCC1. The average Bonchev–Trinajstić information content (AvgIpc) is 2.85. The molecule has 1 fully saturated rings. The van der Waals surface area contributed by atoms with Crippen molar-refractivity contribution in [3.63, 3.8) is 0 Å². The number of aromatic nitrogens is 3. The lowest BCUT2D eigenvalue weighted by Gasteiger charge is -2.36. The number of rotatable bonds is 3. The Morgan fingerprint density at radius 3 is 2.95 bits per heavy atom. The van der Waals surface area contributed by atoms with Crippen LogP contribution in [-0.4, -0.2) is 21.1 Å². The van der Waals surface area contributed by atoms with Crippen molar-refractivity contribution in [2.24, 2.45) is 5.41 Å². The molecule has 3 rings (SSSR count). The summed E-state index contributed by atoms with van der Waals surface area (Å²) in [4.78, 5) is 16.1. The van der Waals surface area contributed by atoms with Crippen LogP contribution in [0.3, 0.4) is 0 Å². The van der Waals surface area contributed by atoms with E-state index in [2.05, 4.69) is 20.5 Å². The third kappa shape index (κ3) is 2.23. The zero-order chi connectivity index (χ0) is 13.3. The van der Waals surface area contributed by atoms with Gasteiger partial charge in [0.15, 0.2) is 5.82 Å². The van der Waals surface area contributed by atoms with Crippen LogP contribution in [0.25, 0.3) is 11.3 Å². The molecule has 0 aliphatic heterocycles. The van der Waals surface area contributed by atoms with Gasteiger partial charge >= 0.3 is 0 Å². The van der Waals surface area contributed by atoms with Gasteiger partial charge in [0.05, 0.1) is 5.69 Å². The maximum Gasteiger partial charge on any atom is 0.231 e. The molecule has 2 N–H and O–H groups in total.